The average molecular weight is 302 g/mol. The highest BCUT2D eigenvalue weighted by molar-refractivity contribution is 5.70. The van der Waals surface area contributed by atoms with Crippen LogP contribution in [0.15, 0.2) is 47.6 Å². The Labute approximate surface area is 131 Å². The summed E-state index contributed by atoms with van der Waals surface area (Å²) in [4.78, 5) is 4.09. The minimum atomic E-state index is -0.197. The molecule has 1 heterocycles. The number of ether oxygens (including phenoxy) is 1. The van der Waals surface area contributed by atoms with Gasteiger partial charge >= 0.3 is 0 Å². The molecule has 0 aromatic heterocycles. The van der Waals surface area contributed by atoms with E-state index in [-0.39, 0.29) is 18.0 Å². The molecule has 2 rings (SSSR count). The van der Waals surface area contributed by atoms with Crippen LogP contribution in [0.1, 0.15) is 30.5 Å². The van der Waals surface area contributed by atoms with Crippen LogP contribution in [0.4, 0.5) is 4.39 Å². The van der Waals surface area contributed by atoms with Crippen LogP contribution in [0.5, 0.6) is 0 Å². The van der Waals surface area contributed by atoms with Crippen LogP contribution in [-0.4, -0.2) is 25.5 Å². The van der Waals surface area contributed by atoms with Crippen LogP contribution in [-0.2, 0) is 4.74 Å². The second kappa shape index (κ2) is 8.01. The van der Waals surface area contributed by atoms with Gasteiger partial charge in [-0.2, -0.15) is 0 Å². The largest absolute Gasteiger partial charge is 0.372 e. The summed E-state index contributed by atoms with van der Waals surface area (Å²) < 4.78 is 19.6. The van der Waals surface area contributed by atoms with Gasteiger partial charge in [-0.1, -0.05) is 18.7 Å². The number of allylic oxidation sites excluding steroid dienone is 1. The van der Waals surface area contributed by atoms with E-state index in [2.05, 4.69) is 16.9 Å². The highest BCUT2D eigenvalue weighted by Crippen LogP contribution is 2.28. The van der Waals surface area contributed by atoms with Gasteiger partial charge in [0.15, 0.2) is 0 Å². The van der Waals surface area contributed by atoms with E-state index < -0.39 is 0 Å². The van der Waals surface area contributed by atoms with E-state index in [9.17, 15) is 4.39 Å². The lowest BCUT2D eigenvalue weighted by Gasteiger charge is -2.21. The maximum atomic E-state index is 13.6. The predicted octanol–water partition coefficient (Wildman–Crippen LogP) is 3.71. The fraction of sp³-hybridized carbons (Fsp3) is 0.389. The van der Waals surface area contributed by atoms with Crippen molar-refractivity contribution in [2.45, 2.75) is 32.4 Å². The average Bonchev–Trinajstić information content (AvgIpc) is 2.93. The number of hydrogen-bond acceptors (Lipinski definition) is 3. The minimum absolute atomic E-state index is 0.0406. The third-order valence-electron chi connectivity index (χ3n) is 3.60. The van der Waals surface area contributed by atoms with Gasteiger partial charge < -0.3 is 10.1 Å². The van der Waals surface area contributed by atoms with E-state index in [0.717, 1.165) is 29.7 Å². The Hall–Kier alpha value is -1.78. The smallest absolute Gasteiger partial charge is 0.123 e. The molecule has 0 amide bonds. The van der Waals surface area contributed by atoms with Crippen molar-refractivity contribution in [2.24, 2.45) is 4.99 Å². The number of halogens is 1. The second-order valence-electron chi connectivity index (χ2n) is 5.64. The lowest BCUT2D eigenvalue weighted by molar-refractivity contribution is 0.0604. The zero-order chi connectivity index (χ0) is 15.9. The number of hydrogen-bond donors (Lipinski definition) is 1. The van der Waals surface area contributed by atoms with E-state index >= 15 is 0 Å². The molecule has 0 bridgehead atoms. The fourth-order valence-electron chi connectivity index (χ4n) is 2.64. The predicted molar refractivity (Wildman–Crippen MR) is 88.7 cm³/mol. The zero-order valence-electron chi connectivity index (χ0n) is 13.2. The second-order valence-corrected chi connectivity index (χ2v) is 5.64. The standard InChI is InChI=1S/C18H23FN2O/c1-4-6-20-11-14(3)12-22-17-5-7-21-18(17)15-8-13(2)9-16(19)10-15/h4,6,8-11,17-18,21H,1,5,7,12H2,2-3H3/b14-11+,20-6?/t17-,18-/m1/s1. The maximum absolute atomic E-state index is 13.6. The summed E-state index contributed by atoms with van der Waals surface area (Å²) in [5.74, 6) is -0.197. The van der Waals surface area contributed by atoms with Crippen LogP contribution in [0.25, 0.3) is 0 Å². The van der Waals surface area contributed by atoms with Crippen LogP contribution in [0.3, 0.4) is 0 Å². The molecule has 0 unspecified atom stereocenters. The highest BCUT2D eigenvalue weighted by Gasteiger charge is 2.29. The molecule has 1 fully saturated rings. The van der Waals surface area contributed by atoms with Crippen molar-refractivity contribution >= 4 is 6.21 Å². The van der Waals surface area contributed by atoms with Crippen molar-refractivity contribution in [2.75, 3.05) is 13.2 Å². The van der Waals surface area contributed by atoms with Gasteiger partial charge in [-0.05, 0) is 55.6 Å². The quantitative estimate of drug-likeness (QED) is 0.813. The maximum Gasteiger partial charge on any atom is 0.123 e. The van der Waals surface area contributed by atoms with Gasteiger partial charge in [0.2, 0.25) is 0 Å². The highest BCUT2D eigenvalue weighted by atomic mass is 19.1. The first-order valence-electron chi connectivity index (χ1n) is 7.52. The molecule has 1 saturated heterocycles. The van der Waals surface area contributed by atoms with Gasteiger partial charge in [-0.3, -0.25) is 4.99 Å². The van der Waals surface area contributed by atoms with E-state index in [1.807, 2.05) is 19.9 Å². The van der Waals surface area contributed by atoms with Gasteiger partial charge in [0, 0.05) is 12.4 Å². The van der Waals surface area contributed by atoms with Crippen molar-refractivity contribution < 1.29 is 9.13 Å². The Kier molecular flexibility index (Phi) is 6.04. The normalized spacial score (nSPS) is 22.4. The van der Waals surface area contributed by atoms with E-state index in [1.54, 1.807) is 30.6 Å². The molecule has 22 heavy (non-hydrogen) atoms. The van der Waals surface area contributed by atoms with Gasteiger partial charge in [-0.25, -0.2) is 4.39 Å². The van der Waals surface area contributed by atoms with Crippen molar-refractivity contribution in [1.29, 1.82) is 0 Å². The molecular formula is C18H23FN2O. The molecule has 118 valence electrons. The number of benzene rings is 1. The monoisotopic (exact) mass is 302 g/mol. The summed E-state index contributed by atoms with van der Waals surface area (Å²) in [5.41, 5.74) is 2.92. The van der Waals surface area contributed by atoms with Crippen molar-refractivity contribution in [1.82, 2.24) is 5.32 Å². The van der Waals surface area contributed by atoms with E-state index in [4.69, 9.17) is 4.74 Å². The molecule has 0 saturated carbocycles. The van der Waals surface area contributed by atoms with Gasteiger partial charge in [0.05, 0.1) is 18.8 Å². The lowest BCUT2D eigenvalue weighted by Crippen LogP contribution is -2.24. The molecule has 1 aromatic rings. The molecule has 1 aliphatic rings. The Morgan fingerprint density at radius 2 is 2.32 bits per heavy atom. The Bertz CT molecular complexity index is 560. The summed E-state index contributed by atoms with van der Waals surface area (Å²) in [6.45, 7) is 8.85. The first-order chi connectivity index (χ1) is 10.6. The topological polar surface area (TPSA) is 33.6 Å². The number of aliphatic imine (C=N–C) groups is 1. The molecule has 1 aromatic carbocycles. The summed E-state index contributed by atoms with van der Waals surface area (Å²) in [7, 11) is 0. The Morgan fingerprint density at radius 3 is 3.05 bits per heavy atom. The Balaban J connectivity index is 2.00. The molecular weight excluding hydrogens is 279 g/mol. The van der Waals surface area contributed by atoms with Crippen LogP contribution in [0.2, 0.25) is 0 Å². The molecule has 3 nitrogen and oxygen atoms in total. The van der Waals surface area contributed by atoms with Crippen LogP contribution < -0.4 is 5.32 Å². The summed E-state index contributed by atoms with van der Waals surface area (Å²) in [5, 5.41) is 3.40. The lowest BCUT2D eigenvalue weighted by atomic mass is 10.0. The number of aryl methyl sites for hydroxylation is 1. The molecule has 0 radical (unpaired) electrons. The minimum Gasteiger partial charge on any atom is -0.372 e. The van der Waals surface area contributed by atoms with Gasteiger partial charge in [0.25, 0.3) is 0 Å². The summed E-state index contributed by atoms with van der Waals surface area (Å²) in [6, 6.07) is 5.18. The third-order valence-corrected chi connectivity index (χ3v) is 3.60. The zero-order valence-corrected chi connectivity index (χ0v) is 13.2. The number of rotatable bonds is 6. The van der Waals surface area contributed by atoms with Crippen molar-refractivity contribution in [3.05, 3.63) is 59.6 Å². The van der Waals surface area contributed by atoms with Crippen molar-refractivity contribution in [3.63, 3.8) is 0 Å². The number of nitrogens with zero attached hydrogens (tertiary/aromatic N) is 1. The van der Waals surface area contributed by atoms with E-state index in [0.29, 0.717) is 6.61 Å². The summed E-state index contributed by atoms with van der Waals surface area (Å²) in [6.07, 6.45) is 6.01. The Morgan fingerprint density at radius 1 is 1.50 bits per heavy atom. The molecule has 4 heteroatoms. The third kappa shape index (κ3) is 4.61. The SMILES string of the molecule is C=CC=N/C=C(\C)CO[C@@H]1CCN[C@@H]1c1cc(C)cc(F)c1. The molecule has 2 atom stereocenters. The summed E-state index contributed by atoms with van der Waals surface area (Å²) >= 11 is 0. The van der Waals surface area contributed by atoms with Crippen LogP contribution >= 0.6 is 0 Å². The first-order valence-corrected chi connectivity index (χ1v) is 7.52. The molecule has 0 spiro atoms. The molecule has 1 N–H and O–H groups in total. The fourth-order valence-corrected chi connectivity index (χ4v) is 2.64. The number of nitrogens with one attached hydrogen (secondary N) is 1. The van der Waals surface area contributed by atoms with Gasteiger partial charge in [0.1, 0.15) is 5.82 Å². The van der Waals surface area contributed by atoms with E-state index in [1.165, 1.54) is 0 Å². The molecule has 1 aliphatic heterocycles. The molecule has 0 aliphatic carbocycles. The van der Waals surface area contributed by atoms with Gasteiger partial charge in [-0.15, -0.1) is 0 Å². The van der Waals surface area contributed by atoms with Crippen molar-refractivity contribution in [3.8, 4) is 0 Å². The van der Waals surface area contributed by atoms with Crippen LogP contribution in [0, 0.1) is 12.7 Å². The first kappa shape index (κ1) is 16.6.